The van der Waals surface area contributed by atoms with E-state index in [9.17, 15) is 5.11 Å². The highest BCUT2D eigenvalue weighted by Gasteiger charge is 2.02. The summed E-state index contributed by atoms with van der Waals surface area (Å²) in [6, 6.07) is 15.4. The van der Waals surface area contributed by atoms with Crippen LogP contribution in [-0.4, -0.2) is 19.0 Å². The van der Waals surface area contributed by atoms with Gasteiger partial charge >= 0.3 is 0 Å². The van der Waals surface area contributed by atoms with Gasteiger partial charge in [0.05, 0.1) is 0 Å². The van der Waals surface area contributed by atoms with Crippen molar-refractivity contribution >= 4 is 0 Å². The molecule has 100 valence electrons. The van der Waals surface area contributed by atoms with Gasteiger partial charge in [0.25, 0.3) is 0 Å². The Kier molecular flexibility index (Phi) is 4.81. The third-order valence-electron chi connectivity index (χ3n) is 2.92. The number of hydrogen-bond donors (Lipinski definition) is 1. The number of rotatable bonds is 6. The van der Waals surface area contributed by atoms with Gasteiger partial charge in [-0.2, -0.15) is 0 Å². The van der Waals surface area contributed by atoms with E-state index in [0.29, 0.717) is 5.75 Å². The van der Waals surface area contributed by atoms with E-state index >= 15 is 0 Å². The van der Waals surface area contributed by atoms with Crippen molar-refractivity contribution in [2.75, 3.05) is 13.9 Å². The molecule has 3 heteroatoms. The maximum absolute atomic E-state index is 9.72. The average molecular weight is 258 g/mol. The molecule has 0 bridgehead atoms. The monoisotopic (exact) mass is 258 g/mol. The lowest BCUT2D eigenvalue weighted by Crippen LogP contribution is -1.99. The first-order valence-electron chi connectivity index (χ1n) is 6.27. The van der Waals surface area contributed by atoms with E-state index in [1.165, 1.54) is 5.56 Å². The molecule has 0 unspecified atom stereocenters. The zero-order chi connectivity index (χ0) is 13.5. The topological polar surface area (TPSA) is 38.7 Å². The van der Waals surface area contributed by atoms with E-state index in [1.54, 1.807) is 13.2 Å². The Morgan fingerprint density at radius 1 is 1.00 bits per heavy atom. The van der Waals surface area contributed by atoms with Crippen molar-refractivity contribution in [3.05, 3.63) is 59.7 Å². The first kappa shape index (κ1) is 13.4. The van der Waals surface area contributed by atoms with Crippen LogP contribution in [-0.2, 0) is 17.6 Å². The molecule has 2 aromatic rings. The lowest BCUT2D eigenvalue weighted by Gasteiger charge is -2.08. The average Bonchev–Trinajstić information content (AvgIpc) is 2.45. The van der Waals surface area contributed by atoms with Crippen LogP contribution in [0.4, 0.5) is 0 Å². The first-order valence-corrected chi connectivity index (χ1v) is 6.27. The molecule has 0 atom stereocenters. The van der Waals surface area contributed by atoms with E-state index in [0.717, 1.165) is 24.2 Å². The number of aryl methyl sites for hydroxylation is 2. The van der Waals surface area contributed by atoms with Crippen molar-refractivity contribution in [1.29, 1.82) is 0 Å². The third-order valence-corrected chi connectivity index (χ3v) is 2.92. The minimum Gasteiger partial charge on any atom is -0.508 e. The van der Waals surface area contributed by atoms with Crippen molar-refractivity contribution in [1.82, 2.24) is 0 Å². The molecule has 0 aliphatic rings. The van der Waals surface area contributed by atoms with Gasteiger partial charge in [-0.15, -0.1) is 0 Å². The molecular weight excluding hydrogens is 240 g/mol. The molecule has 3 nitrogen and oxygen atoms in total. The molecule has 1 N–H and O–H groups in total. The van der Waals surface area contributed by atoms with Gasteiger partial charge in [0.15, 0.2) is 6.79 Å². The van der Waals surface area contributed by atoms with Crippen LogP contribution in [0.5, 0.6) is 11.5 Å². The molecule has 0 fully saturated rings. The van der Waals surface area contributed by atoms with E-state index in [-0.39, 0.29) is 6.79 Å². The van der Waals surface area contributed by atoms with Crippen LogP contribution in [0, 0.1) is 0 Å². The highest BCUT2D eigenvalue weighted by atomic mass is 16.7. The highest BCUT2D eigenvalue weighted by Crippen LogP contribution is 2.19. The van der Waals surface area contributed by atoms with Crippen molar-refractivity contribution in [2.24, 2.45) is 0 Å². The quantitative estimate of drug-likeness (QED) is 0.809. The third kappa shape index (κ3) is 4.00. The number of para-hydroxylation sites is 1. The molecule has 2 aromatic carbocycles. The highest BCUT2D eigenvalue weighted by molar-refractivity contribution is 5.34. The molecule has 0 saturated carbocycles. The fraction of sp³-hybridized carbons (Fsp3) is 0.250. The van der Waals surface area contributed by atoms with Gasteiger partial charge in [-0.25, -0.2) is 0 Å². The molecule has 0 aliphatic heterocycles. The van der Waals surface area contributed by atoms with E-state index < -0.39 is 0 Å². The van der Waals surface area contributed by atoms with Crippen molar-refractivity contribution < 1.29 is 14.6 Å². The van der Waals surface area contributed by atoms with Crippen LogP contribution < -0.4 is 4.74 Å². The lowest BCUT2D eigenvalue weighted by molar-refractivity contribution is 0.0511. The maximum atomic E-state index is 9.72. The SMILES string of the molecule is COCOc1cccc(CCc2ccccc2O)c1. The number of ether oxygens (including phenoxy) is 2. The second-order valence-corrected chi connectivity index (χ2v) is 4.33. The van der Waals surface area contributed by atoms with Gasteiger partial charge in [0, 0.05) is 7.11 Å². The first-order chi connectivity index (χ1) is 9.29. The Balaban J connectivity index is 1.98. The standard InChI is InChI=1S/C16H18O3/c1-18-12-19-15-7-4-5-13(11-15)9-10-14-6-2-3-8-16(14)17/h2-8,11,17H,9-10,12H2,1H3. The Morgan fingerprint density at radius 3 is 2.63 bits per heavy atom. The molecule has 2 rings (SSSR count). The number of phenolic OH excluding ortho intramolecular Hbond substituents is 1. The zero-order valence-electron chi connectivity index (χ0n) is 11.0. The smallest absolute Gasteiger partial charge is 0.188 e. The largest absolute Gasteiger partial charge is 0.508 e. The van der Waals surface area contributed by atoms with Gasteiger partial charge in [0.2, 0.25) is 0 Å². The van der Waals surface area contributed by atoms with Gasteiger partial charge in [-0.05, 0) is 42.2 Å². The molecule has 0 heterocycles. The van der Waals surface area contributed by atoms with Crippen LogP contribution in [0.2, 0.25) is 0 Å². The Hall–Kier alpha value is -2.00. The number of aromatic hydroxyl groups is 1. The Bertz CT molecular complexity index is 523. The molecule has 0 saturated heterocycles. The van der Waals surface area contributed by atoms with Crippen molar-refractivity contribution in [3.63, 3.8) is 0 Å². The fourth-order valence-electron chi connectivity index (χ4n) is 1.92. The number of phenols is 1. The molecule has 0 radical (unpaired) electrons. The Labute approximate surface area is 113 Å². The molecule has 0 aliphatic carbocycles. The maximum Gasteiger partial charge on any atom is 0.188 e. The predicted molar refractivity (Wildman–Crippen MR) is 74.5 cm³/mol. The Morgan fingerprint density at radius 2 is 1.84 bits per heavy atom. The number of hydrogen-bond acceptors (Lipinski definition) is 3. The van der Waals surface area contributed by atoms with E-state index in [1.807, 2.05) is 36.4 Å². The molecule has 0 aromatic heterocycles. The minimum absolute atomic E-state index is 0.253. The van der Waals surface area contributed by atoms with Crippen LogP contribution in [0.1, 0.15) is 11.1 Å². The summed E-state index contributed by atoms with van der Waals surface area (Å²) < 4.78 is 10.3. The van der Waals surface area contributed by atoms with Gasteiger partial charge in [0.1, 0.15) is 11.5 Å². The summed E-state index contributed by atoms with van der Waals surface area (Å²) in [5.74, 6) is 1.16. The van der Waals surface area contributed by atoms with Gasteiger partial charge in [-0.3, -0.25) is 0 Å². The zero-order valence-corrected chi connectivity index (χ0v) is 11.0. The van der Waals surface area contributed by atoms with Crippen LogP contribution in [0.15, 0.2) is 48.5 Å². The molecular formula is C16H18O3. The summed E-state index contributed by atoms with van der Waals surface area (Å²) >= 11 is 0. The summed E-state index contributed by atoms with van der Waals surface area (Å²) in [6.07, 6.45) is 1.67. The van der Waals surface area contributed by atoms with Gasteiger partial charge < -0.3 is 14.6 Å². The summed E-state index contributed by atoms with van der Waals surface area (Å²) in [7, 11) is 1.60. The van der Waals surface area contributed by atoms with E-state index in [4.69, 9.17) is 9.47 Å². The second kappa shape index (κ2) is 6.81. The number of methoxy groups -OCH3 is 1. The predicted octanol–water partition coefficient (Wildman–Crippen LogP) is 3.16. The number of benzene rings is 2. The molecule has 0 amide bonds. The molecule has 0 spiro atoms. The van der Waals surface area contributed by atoms with Crippen LogP contribution in [0.25, 0.3) is 0 Å². The molecule has 19 heavy (non-hydrogen) atoms. The van der Waals surface area contributed by atoms with Crippen molar-refractivity contribution in [3.8, 4) is 11.5 Å². The lowest BCUT2D eigenvalue weighted by atomic mass is 10.0. The minimum atomic E-state index is 0.253. The van der Waals surface area contributed by atoms with Gasteiger partial charge in [-0.1, -0.05) is 30.3 Å². The second-order valence-electron chi connectivity index (χ2n) is 4.33. The summed E-state index contributed by atoms with van der Waals surface area (Å²) in [6.45, 7) is 0.253. The van der Waals surface area contributed by atoms with Crippen molar-refractivity contribution in [2.45, 2.75) is 12.8 Å². The summed E-state index contributed by atoms with van der Waals surface area (Å²) in [4.78, 5) is 0. The summed E-state index contributed by atoms with van der Waals surface area (Å²) in [5, 5.41) is 9.72. The van der Waals surface area contributed by atoms with Crippen LogP contribution >= 0.6 is 0 Å². The summed E-state index contributed by atoms with van der Waals surface area (Å²) in [5.41, 5.74) is 2.14. The normalized spacial score (nSPS) is 10.4. The fourth-order valence-corrected chi connectivity index (χ4v) is 1.92. The van der Waals surface area contributed by atoms with Crippen LogP contribution in [0.3, 0.4) is 0 Å². The van der Waals surface area contributed by atoms with E-state index in [2.05, 4.69) is 6.07 Å².